The fourth-order valence-corrected chi connectivity index (χ4v) is 1.80. The molecule has 12 heteroatoms. The van der Waals surface area contributed by atoms with Gasteiger partial charge >= 0.3 is 12.0 Å². The van der Waals surface area contributed by atoms with Crippen molar-refractivity contribution in [2.45, 2.75) is 0 Å². The van der Waals surface area contributed by atoms with Gasteiger partial charge < -0.3 is 15.4 Å². The van der Waals surface area contributed by atoms with Crippen molar-refractivity contribution in [3.05, 3.63) is 51.6 Å². The summed E-state index contributed by atoms with van der Waals surface area (Å²) in [5, 5.41) is 17.0. The highest BCUT2D eigenvalue weighted by molar-refractivity contribution is 6.32. The zero-order valence-corrected chi connectivity index (χ0v) is 14.6. The minimum atomic E-state index is -0.950. The van der Waals surface area contributed by atoms with Crippen molar-refractivity contribution in [3.63, 3.8) is 0 Å². The van der Waals surface area contributed by atoms with Gasteiger partial charge in [0.2, 0.25) is 0 Å². The summed E-state index contributed by atoms with van der Waals surface area (Å²) in [6, 6.07) is 2.59. The Hall–Kier alpha value is -3.47. The van der Waals surface area contributed by atoms with Gasteiger partial charge in [-0.15, -0.1) is 6.58 Å². The lowest BCUT2D eigenvalue weighted by molar-refractivity contribution is -0.384. The van der Waals surface area contributed by atoms with Crippen molar-refractivity contribution >= 4 is 41.1 Å². The molecular weight excluding hydrogens is 384 g/mol. The molecule has 0 aliphatic heterocycles. The van der Waals surface area contributed by atoms with Crippen LogP contribution in [0.15, 0.2) is 30.9 Å². The van der Waals surface area contributed by atoms with E-state index < -0.39 is 47.6 Å². The zero-order valence-electron chi connectivity index (χ0n) is 13.8. The molecule has 0 heterocycles. The smallest absolute Gasteiger partial charge is 0.325 e. The van der Waals surface area contributed by atoms with Gasteiger partial charge in [0.15, 0.2) is 6.61 Å². The highest BCUT2D eigenvalue weighted by Crippen LogP contribution is 2.24. The molecule has 0 saturated heterocycles. The van der Waals surface area contributed by atoms with Crippen LogP contribution >= 0.6 is 11.6 Å². The van der Waals surface area contributed by atoms with Crippen LogP contribution in [0.3, 0.4) is 0 Å². The number of ether oxygens (including phenoxy) is 1. The number of amides is 4. The highest BCUT2D eigenvalue weighted by atomic mass is 35.5. The maximum absolute atomic E-state index is 11.9. The molecule has 4 amide bonds. The van der Waals surface area contributed by atoms with Crippen LogP contribution in [0, 0.1) is 10.1 Å². The zero-order chi connectivity index (χ0) is 20.4. The fraction of sp³-hybridized carbons (Fsp3) is 0.200. The SMILES string of the molecule is C=CCNC(=O)NC(=O)COC(=O)CNC(=O)c1ccc(Cl)c([N+](=O)[O-])c1. The van der Waals surface area contributed by atoms with Gasteiger partial charge in [-0.1, -0.05) is 17.7 Å². The van der Waals surface area contributed by atoms with E-state index in [0.717, 1.165) is 6.07 Å². The van der Waals surface area contributed by atoms with E-state index in [1.54, 1.807) is 0 Å². The normalized spacial score (nSPS) is 9.67. The maximum Gasteiger partial charge on any atom is 0.325 e. The first kappa shape index (κ1) is 21.6. The van der Waals surface area contributed by atoms with E-state index in [1.165, 1.54) is 18.2 Å². The summed E-state index contributed by atoms with van der Waals surface area (Å²) in [6.45, 7) is 2.20. The minimum Gasteiger partial charge on any atom is -0.454 e. The number of nitro benzene ring substituents is 1. The average Bonchev–Trinajstić information content (AvgIpc) is 2.62. The number of nitrogens with zero attached hydrogens (tertiary/aromatic N) is 1. The molecule has 0 atom stereocenters. The predicted octanol–water partition coefficient (Wildman–Crippen LogP) is 0.533. The Morgan fingerprint density at radius 3 is 2.59 bits per heavy atom. The average molecular weight is 399 g/mol. The molecule has 1 rings (SSSR count). The van der Waals surface area contributed by atoms with E-state index in [-0.39, 0.29) is 17.1 Å². The number of nitro groups is 1. The first-order valence-electron chi connectivity index (χ1n) is 7.31. The number of rotatable bonds is 8. The molecule has 0 unspecified atom stereocenters. The molecule has 0 aliphatic rings. The summed E-state index contributed by atoms with van der Waals surface area (Å²) in [5.74, 6) is -2.60. The Bertz CT molecular complexity index is 781. The van der Waals surface area contributed by atoms with Crippen LogP contribution in [0.4, 0.5) is 10.5 Å². The molecule has 0 aromatic heterocycles. The largest absolute Gasteiger partial charge is 0.454 e. The molecule has 0 radical (unpaired) electrons. The van der Waals surface area contributed by atoms with Crippen molar-refractivity contribution < 1.29 is 28.8 Å². The summed E-state index contributed by atoms with van der Waals surface area (Å²) >= 11 is 5.64. The molecule has 0 fully saturated rings. The second kappa shape index (κ2) is 10.5. The van der Waals surface area contributed by atoms with Crippen LogP contribution in [0.25, 0.3) is 0 Å². The lowest BCUT2D eigenvalue weighted by Gasteiger charge is -2.07. The number of hydrogen-bond acceptors (Lipinski definition) is 7. The molecule has 27 heavy (non-hydrogen) atoms. The van der Waals surface area contributed by atoms with Crippen LogP contribution in [0.5, 0.6) is 0 Å². The second-order valence-electron chi connectivity index (χ2n) is 4.81. The number of halogens is 1. The van der Waals surface area contributed by atoms with Crippen molar-refractivity contribution in [2.75, 3.05) is 19.7 Å². The standard InChI is InChI=1S/C15H15ClN4O7/c1-2-5-17-15(24)19-12(21)8-27-13(22)7-18-14(23)9-3-4-10(16)11(6-9)20(25)26/h2-4,6H,1,5,7-8H2,(H,18,23)(H2,17,19,21,24). The molecule has 3 N–H and O–H groups in total. The number of hydrogen-bond donors (Lipinski definition) is 3. The number of benzene rings is 1. The summed E-state index contributed by atoms with van der Waals surface area (Å²) in [5.41, 5.74) is -0.547. The molecule has 1 aromatic rings. The third kappa shape index (κ3) is 7.52. The van der Waals surface area contributed by atoms with Crippen LogP contribution < -0.4 is 16.0 Å². The first-order valence-corrected chi connectivity index (χ1v) is 7.68. The predicted molar refractivity (Wildman–Crippen MR) is 93.1 cm³/mol. The molecule has 1 aromatic carbocycles. The monoisotopic (exact) mass is 398 g/mol. The summed E-state index contributed by atoms with van der Waals surface area (Å²) in [4.78, 5) is 56.0. The number of imide groups is 1. The molecule has 0 spiro atoms. The Balaban J connectivity index is 2.44. The van der Waals surface area contributed by atoms with Crippen LogP contribution in [0.2, 0.25) is 5.02 Å². The number of esters is 1. The Morgan fingerprint density at radius 1 is 1.26 bits per heavy atom. The number of nitrogens with one attached hydrogen (secondary N) is 3. The van der Waals surface area contributed by atoms with E-state index in [9.17, 15) is 29.3 Å². The first-order chi connectivity index (χ1) is 12.7. The molecular formula is C15H15ClN4O7. The quantitative estimate of drug-likeness (QED) is 0.249. The van der Waals surface area contributed by atoms with Gasteiger partial charge in [0.1, 0.15) is 11.6 Å². The molecule has 0 aliphatic carbocycles. The second-order valence-corrected chi connectivity index (χ2v) is 5.22. The third-order valence-corrected chi connectivity index (χ3v) is 3.14. The third-order valence-electron chi connectivity index (χ3n) is 2.82. The van der Waals surface area contributed by atoms with Gasteiger partial charge in [-0.3, -0.25) is 29.8 Å². The lowest BCUT2D eigenvalue weighted by atomic mass is 10.2. The van der Waals surface area contributed by atoms with Crippen LogP contribution in [0.1, 0.15) is 10.4 Å². The highest BCUT2D eigenvalue weighted by Gasteiger charge is 2.17. The summed E-state index contributed by atoms with van der Waals surface area (Å²) < 4.78 is 4.58. The summed E-state index contributed by atoms with van der Waals surface area (Å²) in [6.07, 6.45) is 1.40. The van der Waals surface area contributed by atoms with Gasteiger partial charge in [0.25, 0.3) is 17.5 Å². The number of urea groups is 1. The topological polar surface area (TPSA) is 157 Å². The van der Waals surface area contributed by atoms with Gasteiger partial charge in [0.05, 0.1) is 4.92 Å². The van der Waals surface area contributed by atoms with Gasteiger partial charge in [0, 0.05) is 18.2 Å². The van der Waals surface area contributed by atoms with E-state index in [0.29, 0.717) is 0 Å². The minimum absolute atomic E-state index is 0.0875. The molecule has 11 nitrogen and oxygen atoms in total. The van der Waals surface area contributed by atoms with Gasteiger partial charge in [-0.25, -0.2) is 4.79 Å². The van der Waals surface area contributed by atoms with Crippen molar-refractivity contribution in [1.82, 2.24) is 16.0 Å². The Morgan fingerprint density at radius 2 is 1.96 bits per heavy atom. The van der Waals surface area contributed by atoms with E-state index in [4.69, 9.17) is 11.6 Å². The van der Waals surface area contributed by atoms with Crippen molar-refractivity contribution in [1.29, 1.82) is 0 Å². The van der Waals surface area contributed by atoms with Gasteiger partial charge in [-0.2, -0.15) is 0 Å². The van der Waals surface area contributed by atoms with Crippen LogP contribution in [-0.4, -0.2) is 48.4 Å². The lowest BCUT2D eigenvalue weighted by Crippen LogP contribution is -2.42. The molecule has 0 bridgehead atoms. The Labute approximate surface area is 157 Å². The van der Waals surface area contributed by atoms with E-state index >= 15 is 0 Å². The number of carbonyl (C=O) groups excluding carboxylic acids is 4. The fourth-order valence-electron chi connectivity index (χ4n) is 1.62. The van der Waals surface area contributed by atoms with E-state index in [2.05, 4.69) is 21.9 Å². The Kier molecular flexibility index (Phi) is 8.39. The van der Waals surface area contributed by atoms with Crippen molar-refractivity contribution in [3.8, 4) is 0 Å². The maximum atomic E-state index is 11.9. The summed E-state index contributed by atoms with van der Waals surface area (Å²) in [7, 11) is 0. The molecule has 0 saturated carbocycles. The van der Waals surface area contributed by atoms with Crippen molar-refractivity contribution in [2.24, 2.45) is 0 Å². The van der Waals surface area contributed by atoms with E-state index in [1.807, 2.05) is 5.32 Å². The van der Waals surface area contributed by atoms with Crippen LogP contribution in [-0.2, 0) is 14.3 Å². The van der Waals surface area contributed by atoms with Gasteiger partial charge in [-0.05, 0) is 12.1 Å². The number of carbonyl (C=O) groups is 4. The molecule has 144 valence electrons.